The molecule has 0 aliphatic heterocycles. The molecule has 0 aliphatic carbocycles. The molecule has 0 radical (unpaired) electrons. The molecule has 20 heavy (non-hydrogen) atoms. The highest BCUT2D eigenvalue weighted by molar-refractivity contribution is 6.04. The number of ether oxygens (including phenoxy) is 1. The lowest BCUT2D eigenvalue weighted by Crippen LogP contribution is -1.92. The van der Waals surface area contributed by atoms with Gasteiger partial charge in [0.25, 0.3) is 0 Å². The van der Waals surface area contributed by atoms with E-state index in [2.05, 4.69) is 0 Å². The van der Waals surface area contributed by atoms with Crippen molar-refractivity contribution in [2.75, 3.05) is 0 Å². The van der Waals surface area contributed by atoms with Crippen LogP contribution in [-0.2, 0) is 11.3 Å². The number of benzene rings is 2. The second kappa shape index (κ2) is 7.74. The molecule has 2 rings (SSSR count). The first-order valence-corrected chi connectivity index (χ1v) is 6.44. The van der Waals surface area contributed by atoms with E-state index >= 15 is 0 Å². The predicted molar refractivity (Wildman–Crippen MR) is 80.3 cm³/mol. The van der Waals surface area contributed by atoms with Crippen molar-refractivity contribution in [1.29, 1.82) is 0 Å². The Morgan fingerprint density at radius 2 is 1.55 bits per heavy atom. The normalized spacial score (nSPS) is 11.0. The molecule has 100 valence electrons. The molecule has 0 unspecified atom stereocenters. The van der Waals surface area contributed by atoms with E-state index < -0.39 is 0 Å². The van der Waals surface area contributed by atoms with Crippen LogP contribution in [0.3, 0.4) is 0 Å². The molecule has 0 saturated carbocycles. The standard InChI is InChI=1S/C18H16O2/c19-18(17-11-5-2-6-12-17)13-7-8-14-20-15-16-9-3-1-4-10-16/h1-14H,15H2/b13-7+,14-8+. The maximum Gasteiger partial charge on any atom is 0.185 e. The second-order valence-corrected chi connectivity index (χ2v) is 4.21. The van der Waals surface area contributed by atoms with E-state index in [1.807, 2.05) is 48.5 Å². The lowest BCUT2D eigenvalue weighted by Gasteiger charge is -1.99. The fourth-order valence-electron chi connectivity index (χ4n) is 1.66. The van der Waals surface area contributed by atoms with Gasteiger partial charge in [-0.2, -0.15) is 0 Å². The third-order valence-electron chi connectivity index (χ3n) is 2.68. The van der Waals surface area contributed by atoms with Crippen molar-refractivity contribution in [2.24, 2.45) is 0 Å². The molecule has 0 saturated heterocycles. The number of rotatable bonds is 6. The van der Waals surface area contributed by atoms with E-state index in [0.717, 1.165) is 5.56 Å². The molecule has 0 bridgehead atoms. The first-order chi connectivity index (χ1) is 9.86. The van der Waals surface area contributed by atoms with E-state index in [0.29, 0.717) is 12.2 Å². The van der Waals surface area contributed by atoms with Crippen LogP contribution in [-0.4, -0.2) is 5.78 Å². The summed E-state index contributed by atoms with van der Waals surface area (Å²) in [6, 6.07) is 19.1. The van der Waals surface area contributed by atoms with E-state index in [9.17, 15) is 4.79 Å². The lowest BCUT2D eigenvalue weighted by molar-refractivity contribution is 0.104. The quantitative estimate of drug-likeness (QED) is 0.339. The number of carbonyl (C=O) groups is 1. The van der Waals surface area contributed by atoms with Gasteiger partial charge in [0.1, 0.15) is 6.61 Å². The van der Waals surface area contributed by atoms with Gasteiger partial charge in [-0.3, -0.25) is 4.79 Å². The van der Waals surface area contributed by atoms with Crippen molar-refractivity contribution < 1.29 is 9.53 Å². The fraction of sp³-hybridized carbons (Fsp3) is 0.0556. The molecule has 2 aromatic rings. The fourth-order valence-corrected chi connectivity index (χ4v) is 1.66. The highest BCUT2D eigenvalue weighted by Crippen LogP contribution is 2.02. The molecular weight excluding hydrogens is 248 g/mol. The molecule has 0 aliphatic rings. The summed E-state index contributed by atoms with van der Waals surface area (Å²) in [7, 11) is 0. The Balaban J connectivity index is 1.76. The van der Waals surface area contributed by atoms with Crippen LogP contribution in [0.15, 0.2) is 85.2 Å². The summed E-state index contributed by atoms with van der Waals surface area (Å²) in [5.74, 6) is -0.0155. The molecule has 2 heteroatoms. The first-order valence-electron chi connectivity index (χ1n) is 6.44. The van der Waals surface area contributed by atoms with Crippen molar-refractivity contribution in [3.63, 3.8) is 0 Å². The zero-order chi connectivity index (χ0) is 14.0. The molecule has 0 atom stereocenters. The minimum absolute atomic E-state index is 0.0155. The molecule has 0 N–H and O–H groups in total. The van der Waals surface area contributed by atoms with Crippen LogP contribution < -0.4 is 0 Å². The Morgan fingerprint density at radius 1 is 0.900 bits per heavy atom. The molecule has 0 fully saturated rings. The predicted octanol–water partition coefficient (Wildman–Crippen LogP) is 4.16. The number of allylic oxidation sites excluding steroid dienone is 3. The van der Waals surface area contributed by atoms with Gasteiger partial charge in [0.15, 0.2) is 5.78 Å². The largest absolute Gasteiger partial charge is 0.497 e. The van der Waals surface area contributed by atoms with E-state index in [1.165, 1.54) is 6.08 Å². The Kier molecular flexibility index (Phi) is 5.35. The van der Waals surface area contributed by atoms with Gasteiger partial charge in [-0.25, -0.2) is 0 Å². The molecule has 0 aromatic heterocycles. The van der Waals surface area contributed by atoms with Crippen LogP contribution in [0.25, 0.3) is 0 Å². The van der Waals surface area contributed by atoms with Crippen LogP contribution in [0, 0.1) is 0 Å². The molecule has 0 spiro atoms. The molecule has 0 heterocycles. The van der Waals surface area contributed by atoms with Crippen LogP contribution in [0.1, 0.15) is 15.9 Å². The van der Waals surface area contributed by atoms with Gasteiger partial charge in [-0.05, 0) is 17.7 Å². The number of hydrogen-bond donors (Lipinski definition) is 0. The average Bonchev–Trinajstić information content (AvgIpc) is 2.52. The van der Waals surface area contributed by atoms with Gasteiger partial charge in [-0.1, -0.05) is 66.7 Å². The van der Waals surface area contributed by atoms with Crippen LogP contribution in [0.5, 0.6) is 0 Å². The third kappa shape index (κ3) is 4.58. The summed E-state index contributed by atoms with van der Waals surface area (Å²) < 4.78 is 5.36. The van der Waals surface area contributed by atoms with Gasteiger partial charge < -0.3 is 4.74 Å². The van der Waals surface area contributed by atoms with E-state index in [-0.39, 0.29) is 5.78 Å². The Morgan fingerprint density at radius 3 is 2.25 bits per heavy atom. The number of hydrogen-bond acceptors (Lipinski definition) is 2. The highest BCUT2D eigenvalue weighted by Gasteiger charge is 1.97. The first kappa shape index (κ1) is 13.8. The second-order valence-electron chi connectivity index (χ2n) is 4.21. The lowest BCUT2D eigenvalue weighted by atomic mass is 10.1. The summed E-state index contributed by atoms with van der Waals surface area (Å²) in [5.41, 5.74) is 1.80. The third-order valence-corrected chi connectivity index (χ3v) is 2.68. The van der Waals surface area contributed by atoms with Crippen LogP contribution in [0.2, 0.25) is 0 Å². The minimum atomic E-state index is -0.0155. The van der Waals surface area contributed by atoms with Gasteiger partial charge >= 0.3 is 0 Å². The van der Waals surface area contributed by atoms with E-state index in [4.69, 9.17) is 4.74 Å². The Labute approximate surface area is 119 Å². The molecular formula is C18H16O2. The van der Waals surface area contributed by atoms with Gasteiger partial charge in [0.2, 0.25) is 0 Å². The zero-order valence-corrected chi connectivity index (χ0v) is 11.1. The molecule has 2 nitrogen and oxygen atoms in total. The van der Waals surface area contributed by atoms with Crippen LogP contribution in [0.4, 0.5) is 0 Å². The highest BCUT2D eigenvalue weighted by atomic mass is 16.5. The molecule has 0 amide bonds. The summed E-state index contributed by atoms with van der Waals surface area (Å²) in [6.45, 7) is 0.526. The van der Waals surface area contributed by atoms with Crippen LogP contribution >= 0.6 is 0 Å². The van der Waals surface area contributed by atoms with Crippen molar-refractivity contribution >= 4 is 5.78 Å². The van der Waals surface area contributed by atoms with E-state index in [1.54, 1.807) is 30.5 Å². The monoisotopic (exact) mass is 264 g/mol. The number of ketones is 1. The summed E-state index contributed by atoms with van der Waals surface area (Å²) in [4.78, 5) is 11.7. The summed E-state index contributed by atoms with van der Waals surface area (Å²) in [5, 5.41) is 0. The van der Waals surface area contributed by atoms with Crippen molar-refractivity contribution in [2.45, 2.75) is 6.61 Å². The van der Waals surface area contributed by atoms with Crippen molar-refractivity contribution in [3.8, 4) is 0 Å². The van der Waals surface area contributed by atoms with Gasteiger partial charge in [-0.15, -0.1) is 0 Å². The minimum Gasteiger partial charge on any atom is -0.497 e. The van der Waals surface area contributed by atoms with Crippen molar-refractivity contribution in [3.05, 3.63) is 96.3 Å². The SMILES string of the molecule is O=C(/C=C/C=C/OCc1ccccc1)c1ccccc1. The van der Waals surface area contributed by atoms with Gasteiger partial charge in [0, 0.05) is 5.56 Å². The number of carbonyl (C=O) groups excluding carboxylic acids is 1. The summed E-state index contributed by atoms with van der Waals surface area (Å²) in [6.07, 6.45) is 6.50. The smallest absolute Gasteiger partial charge is 0.185 e. The maximum atomic E-state index is 11.7. The van der Waals surface area contributed by atoms with Crippen molar-refractivity contribution in [1.82, 2.24) is 0 Å². The Bertz CT molecular complexity index is 583. The molecule has 2 aromatic carbocycles. The topological polar surface area (TPSA) is 26.3 Å². The van der Waals surface area contributed by atoms with Gasteiger partial charge in [0.05, 0.1) is 6.26 Å². The Hall–Kier alpha value is -2.61. The average molecular weight is 264 g/mol. The zero-order valence-electron chi connectivity index (χ0n) is 11.1. The summed E-state index contributed by atoms with van der Waals surface area (Å²) >= 11 is 0. The maximum absolute atomic E-state index is 11.7.